The summed E-state index contributed by atoms with van der Waals surface area (Å²) in [5.74, 6) is -0.105. The zero-order valence-corrected chi connectivity index (χ0v) is 12.6. The average Bonchev–Trinajstić information content (AvgIpc) is 2.98. The van der Waals surface area contributed by atoms with Crippen LogP contribution in [0.1, 0.15) is 18.1 Å². The van der Waals surface area contributed by atoms with Crippen molar-refractivity contribution in [2.24, 2.45) is 4.99 Å². The number of benzene rings is 1. The zero-order valence-electron chi connectivity index (χ0n) is 11.8. The number of hydrogen-bond donors (Lipinski definition) is 1. The molecule has 110 valence electrons. The van der Waals surface area contributed by atoms with Gasteiger partial charge in [-0.25, -0.2) is 4.99 Å². The molecule has 2 aliphatic rings. The first-order valence-corrected chi connectivity index (χ1v) is 7.78. The van der Waals surface area contributed by atoms with E-state index in [1.54, 1.807) is 17.3 Å². The van der Waals surface area contributed by atoms with Gasteiger partial charge in [0.25, 0.3) is 0 Å². The molecule has 1 amide bonds. The number of nitrogens with zero attached hydrogens (tertiary/aromatic N) is 3. The van der Waals surface area contributed by atoms with Gasteiger partial charge < -0.3 is 5.11 Å². The van der Waals surface area contributed by atoms with E-state index in [1.165, 1.54) is 18.7 Å². The van der Waals surface area contributed by atoms with Crippen molar-refractivity contribution in [3.8, 4) is 0 Å². The Morgan fingerprint density at radius 2 is 2.00 bits per heavy atom. The lowest BCUT2D eigenvalue weighted by Gasteiger charge is -2.25. The molecule has 0 bridgehead atoms. The number of aromatic nitrogens is 1. The van der Waals surface area contributed by atoms with E-state index in [0.29, 0.717) is 5.56 Å². The summed E-state index contributed by atoms with van der Waals surface area (Å²) in [6.07, 6.45) is 3.38. The van der Waals surface area contributed by atoms with Crippen molar-refractivity contribution in [2.75, 3.05) is 4.90 Å². The van der Waals surface area contributed by atoms with Gasteiger partial charge in [-0.05, 0) is 18.2 Å². The minimum Gasteiger partial charge on any atom is -0.363 e. The second-order valence-corrected chi connectivity index (χ2v) is 6.32. The van der Waals surface area contributed by atoms with Gasteiger partial charge in [0.15, 0.2) is 0 Å². The number of anilines is 1. The van der Waals surface area contributed by atoms with Gasteiger partial charge in [0.1, 0.15) is 10.4 Å². The molecular formula is C16H13N3O2S. The third-order valence-electron chi connectivity index (χ3n) is 3.90. The van der Waals surface area contributed by atoms with Crippen molar-refractivity contribution in [3.63, 3.8) is 0 Å². The Balaban J connectivity index is 1.86. The minimum absolute atomic E-state index is 0.105. The number of fused-ring (bicyclic) bond motifs is 3. The highest BCUT2D eigenvalue weighted by Crippen LogP contribution is 2.53. The number of thioether (sulfide) groups is 1. The monoisotopic (exact) mass is 311 g/mol. The van der Waals surface area contributed by atoms with Gasteiger partial charge in [-0.1, -0.05) is 30.0 Å². The Morgan fingerprint density at radius 1 is 1.27 bits per heavy atom. The molecule has 0 aliphatic carbocycles. The average molecular weight is 311 g/mol. The number of aliphatic imine (C=N–C) groups is 1. The van der Waals surface area contributed by atoms with E-state index in [4.69, 9.17) is 0 Å². The number of hydrogen-bond acceptors (Lipinski definition) is 5. The number of aliphatic hydroxyl groups is 1. The van der Waals surface area contributed by atoms with Gasteiger partial charge in [-0.2, -0.15) is 0 Å². The summed E-state index contributed by atoms with van der Waals surface area (Å²) < 4.78 is 0. The van der Waals surface area contributed by atoms with Crippen LogP contribution in [0.25, 0.3) is 0 Å². The van der Waals surface area contributed by atoms with Crippen molar-refractivity contribution in [3.05, 3.63) is 59.9 Å². The van der Waals surface area contributed by atoms with Crippen LogP contribution in [0.3, 0.4) is 0 Å². The van der Waals surface area contributed by atoms with Gasteiger partial charge in [0.2, 0.25) is 11.6 Å². The van der Waals surface area contributed by atoms with Crippen LogP contribution in [0, 0.1) is 0 Å². The van der Waals surface area contributed by atoms with E-state index in [9.17, 15) is 9.90 Å². The fourth-order valence-corrected chi connectivity index (χ4v) is 4.32. The molecule has 6 heteroatoms. The molecular weight excluding hydrogens is 298 g/mol. The summed E-state index contributed by atoms with van der Waals surface area (Å²) in [6, 6.07) is 11.1. The van der Waals surface area contributed by atoms with Crippen LogP contribution in [-0.2, 0) is 10.5 Å². The molecule has 3 heterocycles. The molecule has 1 aromatic heterocycles. The van der Waals surface area contributed by atoms with E-state index in [-0.39, 0.29) is 5.91 Å². The van der Waals surface area contributed by atoms with E-state index in [0.717, 1.165) is 16.3 Å². The number of para-hydroxylation sites is 1. The SMILES string of the molecule is CC(=O)N1c2ccccc2C2(O)N=C(c3ccncc3)SC12. The topological polar surface area (TPSA) is 65.8 Å². The standard InChI is InChI=1S/C16H13N3O2S/c1-10(20)19-13-5-3-2-4-12(13)16(21)15(19)22-14(18-16)11-6-8-17-9-7-11/h2-9,15,21H,1H3. The molecule has 2 aliphatic heterocycles. The minimum atomic E-state index is -1.40. The highest BCUT2D eigenvalue weighted by molar-refractivity contribution is 8.15. The molecule has 22 heavy (non-hydrogen) atoms. The molecule has 0 saturated heterocycles. The Labute approximate surface area is 131 Å². The predicted octanol–water partition coefficient (Wildman–Crippen LogP) is 2.11. The van der Waals surface area contributed by atoms with Crippen LogP contribution in [0.2, 0.25) is 0 Å². The van der Waals surface area contributed by atoms with Crippen LogP contribution in [0.4, 0.5) is 5.69 Å². The summed E-state index contributed by atoms with van der Waals surface area (Å²) in [6.45, 7) is 1.51. The Kier molecular flexibility index (Phi) is 2.85. The Hall–Kier alpha value is -2.18. The zero-order chi connectivity index (χ0) is 15.3. The van der Waals surface area contributed by atoms with Gasteiger partial charge in [-0.15, -0.1) is 0 Å². The maximum atomic E-state index is 12.1. The lowest BCUT2D eigenvalue weighted by Crippen LogP contribution is -2.41. The molecule has 4 rings (SSSR count). The molecule has 0 radical (unpaired) electrons. The smallest absolute Gasteiger partial charge is 0.225 e. The lowest BCUT2D eigenvalue weighted by atomic mass is 10.1. The fourth-order valence-electron chi connectivity index (χ4n) is 2.93. The number of rotatable bonds is 1. The predicted molar refractivity (Wildman–Crippen MR) is 85.7 cm³/mol. The molecule has 0 saturated carbocycles. The van der Waals surface area contributed by atoms with Crippen molar-refractivity contribution >= 4 is 28.4 Å². The van der Waals surface area contributed by atoms with Crippen LogP contribution in [0.5, 0.6) is 0 Å². The third kappa shape index (κ3) is 1.74. The first-order chi connectivity index (χ1) is 10.6. The molecule has 1 aromatic carbocycles. The highest BCUT2D eigenvalue weighted by atomic mass is 32.2. The van der Waals surface area contributed by atoms with Crippen molar-refractivity contribution in [2.45, 2.75) is 18.0 Å². The first-order valence-electron chi connectivity index (χ1n) is 6.90. The van der Waals surface area contributed by atoms with Crippen LogP contribution >= 0.6 is 11.8 Å². The second-order valence-electron chi connectivity index (χ2n) is 5.26. The maximum Gasteiger partial charge on any atom is 0.225 e. The molecule has 2 aromatic rings. The maximum absolute atomic E-state index is 12.1. The molecule has 2 unspecified atom stereocenters. The van der Waals surface area contributed by atoms with Gasteiger partial charge >= 0.3 is 0 Å². The highest BCUT2D eigenvalue weighted by Gasteiger charge is 2.56. The third-order valence-corrected chi connectivity index (χ3v) is 5.21. The van der Waals surface area contributed by atoms with Crippen molar-refractivity contribution in [1.29, 1.82) is 0 Å². The van der Waals surface area contributed by atoms with E-state index < -0.39 is 11.1 Å². The number of pyridine rings is 1. The van der Waals surface area contributed by atoms with Gasteiger partial charge in [0.05, 0.1) is 5.69 Å². The van der Waals surface area contributed by atoms with Crippen LogP contribution in [0.15, 0.2) is 53.8 Å². The number of amides is 1. The van der Waals surface area contributed by atoms with Crippen molar-refractivity contribution < 1.29 is 9.90 Å². The summed E-state index contributed by atoms with van der Waals surface area (Å²) in [5, 5.41) is 11.4. The van der Waals surface area contributed by atoms with E-state index in [1.807, 2.05) is 36.4 Å². The van der Waals surface area contributed by atoms with E-state index >= 15 is 0 Å². The number of carbonyl (C=O) groups excluding carboxylic acids is 1. The van der Waals surface area contributed by atoms with Crippen molar-refractivity contribution in [1.82, 2.24) is 4.98 Å². The summed E-state index contributed by atoms with van der Waals surface area (Å²) in [5.41, 5.74) is 0.897. The molecule has 2 atom stereocenters. The summed E-state index contributed by atoms with van der Waals surface area (Å²) in [4.78, 5) is 22.2. The van der Waals surface area contributed by atoms with Gasteiger partial charge in [-0.3, -0.25) is 14.7 Å². The lowest BCUT2D eigenvalue weighted by molar-refractivity contribution is -0.117. The first kappa shape index (κ1) is 13.5. The molecule has 5 nitrogen and oxygen atoms in total. The molecule has 0 spiro atoms. The largest absolute Gasteiger partial charge is 0.363 e. The summed E-state index contributed by atoms with van der Waals surface area (Å²) >= 11 is 1.40. The summed E-state index contributed by atoms with van der Waals surface area (Å²) in [7, 11) is 0. The van der Waals surface area contributed by atoms with Crippen LogP contribution in [-0.4, -0.2) is 26.4 Å². The fraction of sp³-hybridized carbons (Fsp3) is 0.188. The Morgan fingerprint density at radius 3 is 2.73 bits per heavy atom. The van der Waals surface area contributed by atoms with E-state index in [2.05, 4.69) is 9.98 Å². The quantitative estimate of drug-likeness (QED) is 0.876. The number of carbonyl (C=O) groups is 1. The Bertz CT molecular complexity index is 793. The second kappa shape index (κ2) is 4.66. The molecule has 1 N–H and O–H groups in total. The van der Waals surface area contributed by atoms with Gasteiger partial charge in [0, 0.05) is 30.4 Å². The van der Waals surface area contributed by atoms with Crippen LogP contribution < -0.4 is 4.90 Å². The normalized spacial score (nSPS) is 25.6. The molecule has 0 fully saturated rings.